The molecule has 0 aliphatic rings. The molecule has 3 rings (SSSR count). The number of amides is 2. The Labute approximate surface area is 173 Å². The van der Waals surface area contributed by atoms with E-state index < -0.39 is 10.8 Å². The van der Waals surface area contributed by atoms with Gasteiger partial charge in [-0.1, -0.05) is 48.0 Å². The number of hydrogen-bond acceptors (Lipinski definition) is 4. The molecule has 3 aromatic rings. The van der Waals surface area contributed by atoms with Crippen LogP contribution in [0.4, 0.5) is 11.4 Å². The quantitative estimate of drug-likeness (QED) is 0.471. The number of para-hydroxylation sites is 1. The zero-order valence-electron chi connectivity index (χ0n) is 16.6. The van der Waals surface area contributed by atoms with Crippen LogP contribution in [0.1, 0.15) is 37.4 Å². The number of carbonyl (C=O) groups excluding carboxylic acids is 2. The number of hydrogen-bond donors (Lipinski definition) is 2. The van der Waals surface area contributed by atoms with E-state index in [9.17, 15) is 19.7 Å². The predicted octanol–water partition coefficient (Wildman–Crippen LogP) is 4.39. The van der Waals surface area contributed by atoms with Crippen LogP contribution in [0, 0.1) is 24.0 Å². The summed E-state index contributed by atoms with van der Waals surface area (Å²) in [6.07, 6.45) is 0. The van der Waals surface area contributed by atoms with Crippen LogP contribution in [0.5, 0.6) is 0 Å². The standard InChI is InChI=1S/C23H21N3O4/c1-15-10-12-17(13-11-15)14-24-22(27)19-6-3-4-8-20(19)25-23(28)18-7-5-9-21(16(18)2)26(29)30/h3-13H,14H2,1-2H3,(H,24,27)(H,25,28). The summed E-state index contributed by atoms with van der Waals surface area (Å²) >= 11 is 0. The topological polar surface area (TPSA) is 101 Å². The molecular formula is C23H21N3O4. The highest BCUT2D eigenvalue weighted by molar-refractivity contribution is 6.09. The summed E-state index contributed by atoms with van der Waals surface area (Å²) in [6.45, 7) is 3.86. The van der Waals surface area contributed by atoms with Gasteiger partial charge < -0.3 is 10.6 Å². The highest BCUT2D eigenvalue weighted by Gasteiger charge is 2.19. The zero-order chi connectivity index (χ0) is 21.7. The second kappa shape index (κ2) is 9.00. The molecule has 0 aromatic heterocycles. The van der Waals surface area contributed by atoms with Crippen molar-refractivity contribution >= 4 is 23.2 Å². The van der Waals surface area contributed by atoms with E-state index in [4.69, 9.17) is 0 Å². The number of anilines is 1. The Hall–Kier alpha value is -4.00. The molecule has 0 spiro atoms. The second-order valence-corrected chi connectivity index (χ2v) is 6.87. The van der Waals surface area contributed by atoms with Crippen molar-refractivity contribution in [1.82, 2.24) is 5.32 Å². The summed E-state index contributed by atoms with van der Waals surface area (Å²) in [4.78, 5) is 36.0. The van der Waals surface area contributed by atoms with Gasteiger partial charge in [0, 0.05) is 23.7 Å². The molecule has 152 valence electrons. The highest BCUT2D eigenvalue weighted by atomic mass is 16.6. The Morgan fingerprint density at radius 3 is 2.23 bits per heavy atom. The molecule has 0 atom stereocenters. The van der Waals surface area contributed by atoms with E-state index in [0.717, 1.165) is 11.1 Å². The summed E-state index contributed by atoms with van der Waals surface area (Å²) in [5.41, 5.74) is 3.04. The number of carbonyl (C=O) groups is 2. The van der Waals surface area contributed by atoms with Crippen LogP contribution < -0.4 is 10.6 Å². The first-order valence-corrected chi connectivity index (χ1v) is 9.35. The largest absolute Gasteiger partial charge is 0.348 e. The van der Waals surface area contributed by atoms with Gasteiger partial charge >= 0.3 is 0 Å². The fourth-order valence-electron chi connectivity index (χ4n) is 3.03. The van der Waals surface area contributed by atoms with E-state index >= 15 is 0 Å². The van der Waals surface area contributed by atoms with E-state index in [-0.39, 0.29) is 22.7 Å². The third-order valence-corrected chi connectivity index (χ3v) is 4.74. The molecule has 0 aliphatic heterocycles. The summed E-state index contributed by atoms with van der Waals surface area (Å²) in [5, 5.41) is 16.7. The average Bonchev–Trinajstić information content (AvgIpc) is 2.73. The number of rotatable bonds is 6. The van der Waals surface area contributed by atoms with Gasteiger partial charge in [-0.15, -0.1) is 0 Å². The Bertz CT molecular complexity index is 1110. The minimum Gasteiger partial charge on any atom is -0.348 e. The van der Waals surface area contributed by atoms with Gasteiger partial charge in [0.2, 0.25) is 0 Å². The van der Waals surface area contributed by atoms with Gasteiger partial charge in [0.25, 0.3) is 17.5 Å². The van der Waals surface area contributed by atoms with Crippen molar-refractivity contribution < 1.29 is 14.5 Å². The fraction of sp³-hybridized carbons (Fsp3) is 0.130. The van der Waals surface area contributed by atoms with Crippen LogP contribution in [-0.4, -0.2) is 16.7 Å². The molecule has 30 heavy (non-hydrogen) atoms. The van der Waals surface area contributed by atoms with Crippen molar-refractivity contribution in [2.75, 3.05) is 5.32 Å². The highest BCUT2D eigenvalue weighted by Crippen LogP contribution is 2.23. The molecule has 7 nitrogen and oxygen atoms in total. The predicted molar refractivity (Wildman–Crippen MR) is 115 cm³/mol. The number of nitrogens with one attached hydrogen (secondary N) is 2. The lowest BCUT2D eigenvalue weighted by molar-refractivity contribution is -0.385. The summed E-state index contributed by atoms with van der Waals surface area (Å²) in [5.74, 6) is -0.850. The van der Waals surface area contributed by atoms with Crippen molar-refractivity contribution in [2.45, 2.75) is 20.4 Å². The molecule has 7 heteroatoms. The third kappa shape index (κ3) is 4.70. The second-order valence-electron chi connectivity index (χ2n) is 6.87. The first-order valence-electron chi connectivity index (χ1n) is 9.35. The molecule has 2 amide bonds. The number of aryl methyl sites for hydroxylation is 1. The Morgan fingerprint density at radius 2 is 1.53 bits per heavy atom. The van der Waals surface area contributed by atoms with Crippen molar-refractivity contribution in [3.63, 3.8) is 0 Å². The molecular weight excluding hydrogens is 382 g/mol. The van der Waals surface area contributed by atoms with Gasteiger partial charge in [0.1, 0.15) is 0 Å². The Morgan fingerprint density at radius 1 is 0.867 bits per heavy atom. The monoisotopic (exact) mass is 403 g/mol. The van der Waals surface area contributed by atoms with Crippen LogP contribution in [0.15, 0.2) is 66.7 Å². The van der Waals surface area contributed by atoms with Crippen molar-refractivity contribution in [3.05, 3.63) is 105 Å². The maximum atomic E-state index is 12.7. The maximum absolute atomic E-state index is 12.7. The number of benzene rings is 3. The van der Waals surface area contributed by atoms with Crippen molar-refractivity contribution in [1.29, 1.82) is 0 Å². The van der Waals surface area contributed by atoms with Crippen LogP contribution in [-0.2, 0) is 6.54 Å². The maximum Gasteiger partial charge on any atom is 0.273 e. The number of nitro benzene ring substituents is 1. The molecule has 0 unspecified atom stereocenters. The minimum atomic E-state index is -0.529. The van der Waals surface area contributed by atoms with Crippen LogP contribution >= 0.6 is 0 Å². The summed E-state index contributed by atoms with van der Waals surface area (Å²) in [6, 6.07) is 18.8. The lowest BCUT2D eigenvalue weighted by Crippen LogP contribution is -2.25. The lowest BCUT2D eigenvalue weighted by Gasteiger charge is -2.12. The van der Waals surface area contributed by atoms with Crippen molar-refractivity contribution in [2.24, 2.45) is 0 Å². The van der Waals surface area contributed by atoms with Gasteiger partial charge in [0.15, 0.2) is 0 Å². The van der Waals surface area contributed by atoms with E-state index in [1.54, 1.807) is 24.3 Å². The van der Waals surface area contributed by atoms with E-state index in [1.165, 1.54) is 25.1 Å². The first kappa shape index (κ1) is 20.7. The average molecular weight is 403 g/mol. The molecule has 0 saturated carbocycles. The molecule has 0 heterocycles. The number of nitrogens with zero attached hydrogens (tertiary/aromatic N) is 1. The van der Waals surface area contributed by atoms with Gasteiger partial charge in [-0.3, -0.25) is 19.7 Å². The smallest absolute Gasteiger partial charge is 0.273 e. The molecule has 0 bridgehead atoms. The minimum absolute atomic E-state index is 0.133. The normalized spacial score (nSPS) is 10.3. The summed E-state index contributed by atoms with van der Waals surface area (Å²) < 4.78 is 0. The van der Waals surface area contributed by atoms with E-state index in [1.807, 2.05) is 31.2 Å². The van der Waals surface area contributed by atoms with Crippen LogP contribution in [0.2, 0.25) is 0 Å². The Kier molecular flexibility index (Phi) is 6.22. The number of nitro groups is 1. The van der Waals surface area contributed by atoms with Gasteiger partial charge in [-0.05, 0) is 37.6 Å². The molecule has 0 fully saturated rings. The Balaban J connectivity index is 1.77. The first-order chi connectivity index (χ1) is 14.4. The third-order valence-electron chi connectivity index (χ3n) is 4.74. The SMILES string of the molecule is Cc1ccc(CNC(=O)c2ccccc2NC(=O)c2cccc([N+](=O)[O-])c2C)cc1. The van der Waals surface area contributed by atoms with E-state index in [0.29, 0.717) is 17.8 Å². The summed E-state index contributed by atoms with van der Waals surface area (Å²) in [7, 11) is 0. The molecule has 0 radical (unpaired) electrons. The molecule has 0 aliphatic carbocycles. The molecule has 0 saturated heterocycles. The van der Waals surface area contributed by atoms with Gasteiger partial charge in [-0.25, -0.2) is 0 Å². The van der Waals surface area contributed by atoms with Crippen LogP contribution in [0.3, 0.4) is 0 Å². The van der Waals surface area contributed by atoms with Gasteiger partial charge in [0.05, 0.1) is 16.2 Å². The van der Waals surface area contributed by atoms with Crippen LogP contribution in [0.25, 0.3) is 0 Å². The van der Waals surface area contributed by atoms with Crippen molar-refractivity contribution in [3.8, 4) is 0 Å². The van der Waals surface area contributed by atoms with E-state index in [2.05, 4.69) is 10.6 Å². The molecule has 2 N–H and O–H groups in total. The lowest BCUT2D eigenvalue weighted by atomic mass is 10.1. The van der Waals surface area contributed by atoms with Gasteiger partial charge in [-0.2, -0.15) is 0 Å². The fourth-order valence-corrected chi connectivity index (χ4v) is 3.03. The molecule has 3 aromatic carbocycles. The zero-order valence-corrected chi connectivity index (χ0v) is 16.6.